The summed E-state index contributed by atoms with van der Waals surface area (Å²) < 4.78 is 57.9. The maximum Gasteiger partial charge on any atom is 0.198 e. The molecule has 5 aromatic rings. The normalized spacial score (nSPS) is 11.9. The molecule has 3 nitrogen and oxygen atoms in total. The molecule has 0 aliphatic carbocycles. The van der Waals surface area contributed by atoms with Crippen LogP contribution in [0.5, 0.6) is 0 Å². The van der Waals surface area contributed by atoms with Gasteiger partial charge in [-0.3, -0.25) is 0 Å². The third kappa shape index (κ3) is 3.18. The lowest BCUT2D eigenvalue weighted by molar-refractivity contribution is 0.417. The van der Waals surface area contributed by atoms with E-state index in [0.29, 0.717) is 5.56 Å². The number of aromatic nitrogens is 2. The first-order chi connectivity index (χ1) is 16.1. The number of nitrogens with zero attached hydrogens (tertiary/aromatic N) is 3. The Morgan fingerprint density at radius 3 is 1.97 bits per heavy atom. The predicted molar refractivity (Wildman–Crippen MR) is 123 cm³/mol. The minimum Gasteiger partial charge on any atom is -0.203 e. The van der Waals surface area contributed by atoms with Gasteiger partial charge in [0.25, 0.3) is 0 Å². The predicted octanol–water partition coefficient (Wildman–Crippen LogP) is 7.33. The highest BCUT2D eigenvalue weighted by Crippen LogP contribution is 2.39. The van der Waals surface area contributed by atoms with E-state index in [2.05, 4.69) is 16.3 Å². The standard InChI is InChI=1S/C27H17F4N3/c1-27(2,3)18-11-16(9-15-8-13-6-4-5-7-14(13)10-17(15)18)26-21-20(19(12-32)33-34-26)22(28)24(30)25(31)23(21)29/h4-11H,1-3H3. The number of halogens is 4. The zero-order valence-electron chi connectivity index (χ0n) is 18.5. The zero-order chi connectivity index (χ0) is 24.4. The molecule has 4 aromatic carbocycles. The Hall–Kier alpha value is -4.05. The van der Waals surface area contributed by atoms with Gasteiger partial charge >= 0.3 is 0 Å². The van der Waals surface area contributed by atoms with E-state index in [9.17, 15) is 22.8 Å². The van der Waals surface area contributed by atoms with Gasteiger partial charge in [0.2, 0.25) is 0 Å². The molecule has 0 saturated carbocycles. The quantitative estimate of drug-likeness (QED) is 0.114. The van der Waals surface area contributed by atoms with Crippen LogP contribution in [0.2, 0.25) is 0 Å². The maximum atomic E-state index is 15.0. The van der Waals surface area contributed by atoms with E-state index in [1.54, 1.807) is 18.2 Å². The summed E-state index contributed by atoms with van der Waals surface area (Å²) in [6, 6.07) is 16.9. The van der Waals surface area contributed by atoms with Crippen molar-refractivity contribution < 1.29 is 17.6 Å². The average Bonchev–Trinajstić information content (AvgIpc) is 2.82. The minimum atomic E-state index is -2.00. The second-order valence-electron chi connectivity index (χ2n) is 9.21. The molecule has 0 radical (unpaired) electrons. The SMILES string of the molecule is CC(C)(C)c1cc(-c2nnc(C#N)c3c(F)c(F)c(F)c(F)c23)cc2cc3ccccc3cc12. The second-order valence-corrected chi connectivity index (χ2v) is 9.21. The molecule has 0 fully saturated rings. The van der Waals surface area contributed by atoms with Gasteiger partial charge in [0.15, 0.2) is 29.0 Å². The molecular formula is C27H17F4N3. The fourth-order valence-corrected chi connectivity index (χ4v) is 4.37. The summed E-state index contributed by atoms with van der Waals surface area (Å²) in [6.07, 6.45) is 0. The van der Waals surface area contributed by atoms with Gasteiger partial charge < -0.3 is 0 Å². The van der Waals surface area contributed by atoms with Crippen molar-refractivity contribution in [3.05, 3.63) is 83.1 Å². The summed E-state index contributed by atoms with van der Waals surface area (Å²) in [5.41, 5.74) is 0.0857. The van der Waals surface area contributed by atoms with Crippen LogP contribution in [0.15, 0.2) is 48.5 Å². The molecule has 1 heterocycles. The minimum absolute atomic E-state index is 0.176. The first-order valence-corrected chi connectivity index (χ1v) is 10.5. The van der Waals surface area contributed by atoms with Crippen molar-refractivity contribution in [3.63, 3.8) is 0 Å². The van der Waals surface area contributed by atoms with Crippen LogP contribution in [0.1, 0.15) is 32.0 Å². The molecule has 168 valence electrons. The Labute approximate surface area is 192 Å². The number of benzene rings is 4. The molecular weight excluding hydrogens is 442 g/mol. The first-order valence-electron chi connectivity index (χ1n) is 10.5. The maximum absolute atomic E-state index is 15.0. The van der Waals surface area contributed by atoms with E-state index in [4.69, 9.17) is 0 Å². The van der Waals surface area contributed by atoms with Gasteiger partial charge in [0.1, 0.15) is 11.8 Å². The van der Waals surface area contributed by atoms with Gasteiger partial charge in [-0.15, -0.1) is 10.2 Å². The highest BCUT2D eigenvalue weighted by Gasteiger charge is 2.28. The van der Waals surface area contributed by atoms with Gasteiger partial charge in [0.05, 0.1) is 10.8 Å². The lowest BCUT2D eigenvalue weighted by Crippen LogP contribution is -2.12. The van der Waals surface area contributed by atoms with Crippen molar-refractivity contribution >= 4 is 32.3 Å². The molecule has 34 heavy (non-hydrogen) atoms. The van der Waals surface area contributed by atoms with Crippen LogP contribution in [0, 0.1) is 34.6 Å². The number of rotatable bonds is 1. The first kappa shape index (κ1) is 21.8. The Bertz CT molecular complexity index is 1700. The van der Waals surface area contributed by atoms with Gasteiger partial charge in [0, 0.05) is 5.56 Å². The van der Waals surface area contributed by atoms with Crippen LogP contribution in [0.4, 0.5) is 17.6 Å². The molecule has 0 amide bonds. The van der Waals surface area contributed by atoms with E-state index in [1.807, 2.05) is 51.1 Å². The van der Waals surface area contributed by atoms with Crippen molar-refractivity contribution in [1.82, 2.24) is 10.2 Å². The van der Waals surface area contributed by atoms with Crippen LogP contribution in [-0.4, -0.2) is 10.2 Å². The third-order valence-electron chi connectivity index (χ3n) is 6.00. The molecule has 0 unspecified atom stereocenters. The molecule has 0 spiro atoms. The van der Waals surface area contributed by atoms with Crippen LogP contribution < -0.4 is 0 Å². The third-order valence-corrected chi connectivity index (χ3v) is 6.00. The molecule has 7 heteroatoms. The Kier molecular flexibility index (Phi) is 4.80. The van der Waals surface area contributed by atoms with E-state index >= 15 is 0 Å². The fraction of sp³-hybridized carbons (Fsp3) is 0.148. The number of fused-ring (bicyclic) bond motifs is 3. The molecule has 0 aliphatic rings. The summed E-state index contributed by atoms with van der Waals surface area (Å²) in [7, 11) is 0. The van der Waals surface area contributed by atoms with Gasteiger partial charge in [-0.05, 0) is 56.8 Å². The fourth-order valence-electron chi connectivity index (χ4n) is 4.37. The number of hydrogen-bond donors (Lipinski definition) is 0. The average molecular weight is 459 g/mol. The van der Waals surface area contributed by atoms with Crippen molar-refractivity contribution in [1.29, 1.82) is 5.26 Å². The highest BCUT2D eigenvalue weighted by atomic mass is 19.2. The summed E-state index contributed by atoms with van der Waals surface area (Å²) in [5.74, 6) is -7.26. The molecule has 0 saturated heterocycles. The monoisotopic (exact) mass is 459 g/mol. The second kappa shape index (κ2) is 7.49. The number of hydrogen-bond acceptors (Lipinski definition) is 3. The van der Waals surface area contributed by atoms with Gasteiger partial charge in [-0.2, -0.15) is 5.26 Å². The molecule has 0 N–H and O–H groups in total. The molecule has 0 atom stereocenters. The van der Waals surface area contributed by atoms with Crippen LogP contribution in [0.3, 0.4) is 0 Å². The van der Waals surface area contributed by atoms with Gasteiger partial charge in [-0.1, -0.05) is 45.0 Å². The van der Waals surface area contributed by atoms with E-state index in [1.165, 1.54) is 0 Å². The largest absolute Gasteiger partial charge is 0.203 e. The molecule has 0 bridgehead atoms. The van der Waals surface area contributed by atoms with E-state index in [0.717, 1.165) is 27.1 Å². The van der Waals surface area contributed by atoms with Crippen molar-refractivity contribution in [2.24, 2.45) is 0 Å². The Morgan fingerprint density at radius 1 is 0.735 bits per heavy atom. The van der Waals surface area contributed by atoms with E-state index < -0.39 is 39.7 Å². The van der Waals surface area contributed by atoms with Gasteiger partial charge in [-0.25, -0.2) is 17.6 Å². The molecule has 1 aromatic heterocycles. The van der Waals surface area contributed by atoms with Crippen molar-refractivity contribution in [2.45, 2.75) is 26.2 Å². The summed E-state index contributed by atoms with van der Waals surface area (Å²) in [4.78, 5) is 0. The van der Waals surface area contributed by atoms with Crippen molar-refractivity contribution in [3.8, 4) is 17.3 Å². The highest BCUT2D eigenvalue weighted by molar-refractivity contribution is 6.04. The summed E-state index contributed by atoms with van der Waals surface area (Å²) >= 11 is 0. The topological polar surface area (TPSA) is 49.6 Å². The van der Waals surface area contributed by atoms with Crippen LogP contribution >= 0.6 is 0 Å². The van der Waals surface area contributed by atoms with Crippen LogP contribution in [-0.2, 0) is 5.41 Å². The Morgan fingerprint density at radius 2 is 1.35 bits per heavy atom. The van der Waals surface area contributed by atoms with Crippen LogP contribution in [0.25, 0.3) is 43.6 Å². The number of nitriles is 1. The molecule has 5 rings (SSSR count). The zero-order valence-corrected chi connectivity index (χ0v) is 18.5. The lowest BCUT2D eigenvalue weighted by Gasteiger charge is -2.23. The van der Waals surface area contributed by atoms with E-state index in [-0.39, 0.29) is 11.1 Å². The Balaban J connectivity index is 1.95. The smallest absolute Gasteiger partial charge is 0.198 e. The molecule has 0 aliphatic heterocycles. The lowest BCUT2D eigenvalue weighted by atomic mass is 9.81. The van der Waals surface area contributed by atoms with Crippen molar-refractivity contribution in [2.75, 3.05) is 0 Å². The summed E-state index contributed by atoms with van der Waals surface area (Å²) in [6.45, 7) is 6.04. The summed E-state index contributed by atoms with van der Waals surface area (Å²) in [5, 5.41) is 19.4.